The highest BCUT2D eigenvalue weighted by Crippen LogP contribution is 2.33. The zero-order chi connectivity index (χ0) is 19.3. The summed E-state index contributed by atoms with van der Waals surface area (Å²) >= 11 is 0. The van der Waals surface area contributed by atoms with E-state index >= 15 is 0 Å². The van der Waals surface area contributed by atoms with Crippen LogP contribution in [0.2, 0.25) is 0 Å². The van der Waals surface area contributed by atoms with Crippen LogP contribution in [0.5, 0.6) is 11.5 Å². The third kappa shape index (κ3) is 5.57. The van der Waals surface area contributed by atoms with E-state index in [4.69, 9.17) is 14.2 Å². The van der Waals surface area contributed by atoms with E-state index < -0.39 is 6.10 Å². The summed E-state index contributed by atoms with van der Waals surface area (Å²) in [6.07, 6.45) is 1.97. The van der Waals surface area contributed by atoms with Crippen LogP contribution in [-0.4, -0.2) is 79.7 Å². The van der Waals surface area contributed by atoms with Gasteiger partial charge in [-0.2, -0.15) is 0 Å². The second-order valence-corrected chi connectivity index (χ2v) is 8.20. The first-order valence-electron chi connectivity index (χ1n) is 10.0. The van der Waals surface area contributed by atoms with Gasteiger partial charge >= 0.3 is 0 Å². The zero-order valence-corrected chi connectivity index (χ0v) is 16.9. The van der Waals surface area contributed by atoms with E-state index in [-0.39, 0.29) is 12.1 Å². The standard InChI is InChI=1S/C21H34N2O4/c1-21(2)7-4-8-23(21)14-17-5-6-19(20(13-17)25-3)27-16-18(24)15-22-9-11-26-12-10-22/h5-6,13,18,24H,4,7-12,14-16H2,1-3H3. The molecule has 1 aromatic rings. The number of aliphatic hydroxyl groups excluding tert-OH is 1. The van der Waals surface area contributed by atoms with Crippen molar-refractivity contribution >= 4 is 0 Å². The fourth-order valence-electron chi connectivity index (χ4n) is 3.93. The van der Waals surface area contributed by atoms with Crippen LogP contribution in [0.25, 0.3) is 0 Å². The molecular formula is C21H34N2O4. The van der Waals surface area contributed by atoms with Gasteiger partial charge < -0.3 is 19.3 Å². The van der Waals surface area contributed by atoms with E-state index in [0.717, 1.165) is 45.1 Å². The number of hydrogen-bond donors (Lipinski definition) is 1. The highest BCUT2D eigenvalue weighted by Gasteiger charge is 2.31. The number of nitrogens with zero attached hydrogens (tertiary/aromatic N) is 2. The molecule has 1 atom stereocenters. The van der Waals surface area contributed by atoms with Gasteiger partial charge in [-0.3, -0.25) is 9.80 Å². The fourth-order valence-corrected chi connectivity index (χ4v) is 3.93. The lowest BCUT2D eigenvalue weighted by Crippen LogP contribution is -2.42. The lowest BCUT2D eigenvalue weighted by Gasteiger charge is -2.31. The van der Waals surface area contributed by atoms with Gasteiger partial charge in [0.1, 0.15) is 12.7 Å². The molecule has 6 heteroatoms. The number of morpholine rings is 1. The molecule has 0 spiro atoms. The van der Waals surface area contributed by atoms with Crippen LogP contribution in [0.4, 0.5) is 0 Å². The van der Waals surface area contributed by atoms with E-state index in [9.17, 15) is 5.11 Å². The molecule has 3 rings (SSSR count). The SMILES string of the molecule is COc1cc(CN2CCCC2(C)C)ccc1OCC(O)CN1CCOCC1. The summed E-state index contributed by atoms with van der Waals surface area (Å²) in [6.45, 7) is 10.7. The smallest absolute Gasteiger partial charge is 0.161 e. The molecule has 2 heterocycles. The van der Waals surface area contributed by atoms with Crippen LogP contribution in [0.1, 0.15) is 32.3 Å². The number of rotatable bonds is 8. The Morgan fingerprint density at radius 3 is 2.63 bits per heavy atom. The van der Waals surface area contributed by atoms with E-state index in [1.165, 1.54) is 18.4 Å². The predicted molar refractivity (Wildman–Crippen MR) is 105 cm³/mol. The van der Waals surface area contributed by atoms with Crippen molar-refractivity contribution in [2.75, 3.05) is 53.1 Å². The molecule has 0 aromatic heterocycles. The molecule has 0 bridgehead atoms. The van der Waals surface area contributed by atoms with Crippen LogP contribution in [0.3, 0.4) is 0 Å². The highest BCUT2D eigenvalue weighted by molar-refractivity contribution is 5.43. The lowest BCUT2D eigenvalue weighted by molar-refractivity contribution is 0.00445. The maximum Gasteiger partial charge on any atom is 0.161 e. The quantitative estimate of drug-likeness (QED) is 0.748. The Kier molecular flexibility index (Phi) is 6.98. The van der Waals surface area contributed by atoms with Gasteiger partial charge in [0.2, 0.25) is 0 Å². The van der Waals surface area contributed by atoms with Crippen molar-refractivity contribution in [1.82, 2.24) is 9.80 Å². The van der Waals surface area contributed by atoms with Gasteiger partial charge in [-0.05, 0) is 50.9 Å². The number of methoxy groups -OCH3 is 1. The lowest BCUT2D eigenvalue weighted by atomic mass is 10.0. The Labute approximate surface area is 163 Å². The Morgan fingerprint density at radius 1 is 1.19 bits per heavy atom. The summed E-state index contributed by atoms with van der Waals surface area (Å²) in [5, 5.41) is 10.3. The first-order chi connectivity index (χ1) is 13.0. The molecular weight excluding hydrogens is 344 g/mol. The molecule has 2 aliphatic rings. The molecule has 1 unspecified atom stereocenters. The van der Waals surface area contributed by atoms with Gasteiger partial charge in [0.25, 0.3) is 0 Å². The fraction of sp³-hybridized carbons (Fsp3) is 0.714. The summed E-state index contributed by atoms with van der Waals surface area (Å²) in [5.74, 6) is 1.41. The molecule has 1 N–H and O–H groups in total. The van der Waals surface area contributed by atoms with Crippen LogP contribution in [-0.2, 0) is 11.3 Å². The third-order valence-electron chi connectivity index (χ3n) is 5.68. The molecule has 0 amide bonds. The van der Waals surface area contributed by atoms with Crippen molar-refractivity contribution in [3.63, 3.8) is 0 Å². The predicted octanol–water partition coefficient (Wildman–Crippen LogP) is 2.14. The summed E-state index contributed by atoms with van der Waals surface area (Å²) in [5.41, 5.74) is 1.48. The van der Waals surface area contributed by atoms with Gasteiger partial charge in [-0.15, -0.1) is 0 Å². The Balaban J connectivity index is 1.54. The summed E-state index contributed by atoms with van der Waals surface area (Å²) in [7, 11) is 1.66. The minimum Gasteiger partial charge on any atom is -0.493 e. The number of likely N-dealkylation sites (tertiary alicyclic amines) is 1. The van der Waals surface area contributed by atoms with Crippen molar-refractivity contribution in [3.05, 3.63) is 23.8 Å². The average Bonchev–Trinajstić information content (AvgIpc) is 2.99. The van der Waals surface area contributed by atoms with Gasteiger partial charge in [-0.1, -0.05) is 6.07 Å². The molecule has 0 aliphatic carbocycles. The number of aliphatic hydroxyl groups is 1. The maximum absolute atomic E-state index is 10.3. The van der Waals surface area contributed by atoms with Crippen molar-refractivity contribution in [3.8, 4) is 11.5 Å². The Bertz CT molecular complexity index is 602. The largest absolute Gasteiger partial charge is 0.493 e. The topological polar surface area (TPSA) is 54.4 Å². The van der Waals surface area contributed by atoms with Gasteiger partial charge in [0.15, 0.2) is 11.5 Å². The molecule has 2 fully saturated rings. The molecule has 0 saturated carbocycles. The van der Waals surface area contributed by atoms with E-state index in [1.807, 2.05) is 6.07 Å². The number of hydrogen-bond acceptors (Lipinski definition) is 6. The molecule has 2 saturated heterocycles. The summed E-state index contributed by atoms with van der Waals surface area (Å²) in [6, 6.07) is 6.11. The monoisotopic (exact) mass is 378 g/mol. The van der Waals surface area contributed by atoms with Crippen molar-refractivity contribution in [2.24, 2.45) is 0 Å². The number of benzene rings is 1. The van der Waals surface area contributed by atoms with E-state index in [1.54, 1.807) is 7.11 Å². The maximum atomic E-state index is 10.3. The van der Waals surface area contributed by atoms with Crippen molar-refractivity contribution < 1.29 is 19.3 Å². The van der Waals surface area contributed by atoms with E-state index in [2.05, 4.69) is 35.8 Å². The molecule has 1 aromatic carbocycles. The average molecular weight is 379 g/mol. The van der Waals surface area contributed by atoms with Crippen LogP contribution in [0.15, 0.2) is 18.2 Å². The minimum atomic E-state index is -0.530. The van der Waals surface area contributed by atoms with Crippen molar-refractivity contribution in [1.29, 1.82) is 0 Å². The minimum absolute atomic E-state index is 0.256. The molecule has 2 aliphatic heterocycles. The summed E-state index contributed by atoms with van der Waals surface area (Å²) < 4.78 is 16.7. The first kappa shape index (κ1) is 20.4. The first-order valence-corrected chi connectivity index (χ1v) is 10.0. The van der Waals surface area contributed by atoms with Crippen molar-refractivity contribution in [2.45, 2.75) is 44.9 Å². The molecule has 0 radical (unpaired) electrons. The number of ether oxygens (including phenoxy) is 3. The molecule has 152 valence electrons. The van der Waals surface area contributed by atoms with Gasteiger partial charge in [-0.25, -0.2) is 0 Å². The normalized spacial score (nSPS) is 21.9. The van der Waals surface area contributed by atoms with Gasteiger partial charge in [0, 0.05) is 31.7 Å². The van der Waals surface area contributed by atoms with Gasteiger partial charge in [0.05, 0.1) is 20.3 Å². The number of β-amino-alcohol motifs (C(OH)–C–C–N with tert-alkyl or cyclic N) is 1. The van der Waals surface area contributed by atoms with E-state index in [0.29, 0.717) is 12.3 Å². The third-order valence-corrected chi connectivity index (χ3v) is 5.68. The second-order valence-electron chi connectivity index (χ2n) is 8.20. The Morgan fingerprint density at radius 2 is 1.96 bits per heavy atom. The molecule has 27 heavy (non-hydrogen) atoms. The summed E-state index contributed by atoms with van der Waals surface area (Å²) in [4.78, 5) is 4.73. The second kappa shape index (κ2) is 9.24. The van der Waals surface area contributed by atoms with Crippen LogP contribution in [0, 0.1) is 0 Å². The van der Waals surface area contributed by atoms with Crippen LogP contribution >= 0.6 is 0 Å². The highest BCUT2D eigenvalue weighted by atomic mass is 16.5. The molecule has 6 nitrogen and oxygen atoms in total. The van der Waals surface area contributed by atoms with Crippen LogP contribution < -0.4 is 9.47 Å². The Hall–Kier alpha value is -1.34. The zero-order valence-electron chi connectivity index (χ0n) is 16.9.